The highest BCUT2D eigenvalue weighted by Crippen LogP contribution is 2.30. The molecule has 0 radical (unpaired) electrons. The lowest BCUT2D eigenvalue weighted by molar-refractivity contribution is -0.136. The highest BCUT2D eigenvalue weighted by molar-refractivity contribution is 6.05. The second kappa shape index (κ2) is 6.42. The number of amides is 3. The van der Waals surface area contributed by atoms with Gasteiger partial charge in [0.1, 0.15) is 6.04 Å². The van der Waals surface area contributed by atoms with Gasteiger partial charge in [0, 0.05) is 50.2 Å². The summed E-state index contributed by atoms with van der Waals surface area (Å²) in [5.74, 6) is -0.719. The summed E-state index contributed by atoms with van der Waals surface area (Å²) in [6, 6.07) is 6.81. The number of hydrogen-bond donors (Lipinski definition) is 2. The molecule has 5 rings (SSSR count). The molecule has 27 heavy (non-hydrogen) atoms. The fourth-order valence-electron chi connectivity index (χ4n) is 4.97. The molecule has 3 saturated heterocycles. The third kappa shape index (κ3) is 2.95. The van der Waals surface area contributed by atoms with E-state index in [0.717, 1.165) is 25.2 Å². The third-order valence-corrected chi connectivity index (χ3v) is 6.45. The normalized spacial score (nSPS) is 30.6. The van der Waals surface area contributed by atoms with Crippen LogP contribution in [0.4, 0.5) is 0 Å². The first-order chi connectivity index (χ1) is 13.1. The van der Waals surface area contributed by atoms with Crippen LogP contribution in [0, 0.1) is 0 Å². The SMILES string of the molecule is O=C1CCC(N2Cc3cc(CN4CCC5CC4CN5)ccc3C2=O)C(=O)N1. The predicted octanol–water partition coefficient (Wildman–Crippen LogP) is 0.384. The fourth-order valence-corrected chi connectivity index (χ4v) is 4.97. The Morgan fingerprint density at radius 3 is 2.89 bits per heavy atom. The van der Waals surface area contributed by atoms with E-state index >= 15 is 0 Å². The van der Waals surface area contributed by atoms with Crippen LogP contribution >= 0.6 is 0 Å². The number of fused-ring (bicyclic) bond motifs is 3. The molecular formula is C20H24N4O3. The quantitative estimate of drug-likeness (QED) is 0.754. The fraction of sp³-hybridized carbons (Fsp3) is 0.550. The smallest absolute Gasteiger partial charge is 0.255 e. The van der Waals surface area contributed by atoms with Crippen molar-refractivity contribution in [2.75, 3.05) is 13.1 Å². The summed E-state index contributed by atoms with van der Waals surface area (Å²) < 4.78 is 0. The van der Waals surface area contributed by atoms with Gasteiger partial charge in [0.25, 0.3) is 5.91 Å². The summed E-state index contributed by atoms with van der Waals surface area (Å²) in [6.45, 7) is 3.53. The number of nitrogens with one attached hydrogen (secondary N) is 2. The van der Waals surface area contributed by atoms with Crippen molar-refractivity contribution >= 4 is 17.7 Å². The third-order valence-electron chi connectivity index (χ3n) is 6.45. The lowest BCUT2D eigenvalue weighted by Gasteiger charge is -2.32. The summed E-state index contributed by atoms with van der Waals surface area (Å²) in [7, 11) is 0. The zero-order valence-corrected chi connectivity index (χ0v) is 15.2. The van der Waals surface area contributed by atoms with E-state index in [4.69, 9.17) is 0 Å². The molecule has 3 atom stereocenters. The van der Waals surface area contributed by atoms with Gasteiger partial charge in [-0.3, -0.25) is 24.6 Å². The van der Waals surface area contributed by atoms with Crippen LogP contribution in [-0.4, -0.2) is 58.7 Å². The Morgan fingerprint density at radius 1 is 1.15 bits per heavy atom. The molecule has 142 valence electrons. The van der Waals surface area contributed by atoms with Gasteiger partial charge in [0.2, 0.25) is 11.8 Å². The Labute approximate surface area is 158 Å². The van der Waals surface area contributed by atoms with Crippen LogP contribution in [0.15, 0.2) is 18.2 Å². The van der Waals surface area contributed by atoms with Crippen molar-refractivity contribution in [2.24, 2.45) is 0 Å². The first kappa shape index (κ1) is 16.9. The van der Waals surface area contributed by atoms with E-state index in [2.05, 4.69) is 21.6 Å². The molecule has 2 bridgehead atoms. The minimum Gasteiger partial charge on any atom is -0.322 e. The Kier molecular flexibility index (Phi) is 4.02. The van der Waals surface area contributed by atoms with Crippen LogP contribution < -0.4 is 10.6 Å². The van der Waals surface area contributed by atoms with Gasteiger partial charge in [0.15, 0.2) is 0 Å². The number of piperidine rings is 2. The first-order valence-corrected chi connectivity index (χ1v) is 9.82. The second-order valence-electron chi connectivity index (χ2n) is 8.15. The standard InChI is InChI=1S/C20H24N4O3/c25-18-4-3-17(19(26)22-18)24-11-13-7-12(1-2-16(13)20(24)27)10-23-6-5-14-8-15(23)9-21-14/h1-2,7,14-15,17,21H,3-6,8-11H2,(H,22,25,26). The molecule has 3 amide bonds. The maximum atomic E-state index is 12.8. The molecule has 1 aromatic rings. The van der Waals surface area contributed by atoms with Gasteiger partial charge < -0.3 is 10.2 Å². The largest absolute Gasteiger partial charge is 0.322 e. The van der Waals surface area contributed by atoms with Crippen molar-refractivity contribution in [3.8, 4) is 0 Å². The van der Waals surface area contributed by atoms with E-state index in [1.807, 2.05) is 12.1 Å². The molecule has 2 N–H and O–H groups in total. The van der Waals surface area contributed by atoms with Crippen molar-refractivity contribution in [1.29, 1.82) is 0 Å². The van der Waals surface area contributed by atoms with Crippen LogP contribution in [0.25, 0.3) is 0 Å². The van der Waals surface area contributed by atoms with E-state index in [0.29, 0.717) is 30.6 Å². The van der Waals surface area contributed by atoms with Gasteiger partial charge in [0.05, 0.1) is 0 Å². The van der Waals surface area contributed by atoms with Crippen LogP contribution in [0.5, 0.6) is 0 Å². The predicted molar refractivity (Wildman–Crippen MR) is 97.7 cm³/mol. The lowest BCUT2D eigenvalue weighted by Crippen LogP contribution is -2.52. The second-order valence-corrected chi connectivity index (χ2v) is 8.15. The number of rotatable bonds is 3. The van der Waals surface area contributed by atoms with Crippen molar-refractivity contribution in [3.05, 3.63) is 34.9 Å². The number of carbonyl (C=O) groups is 3. The zero-order chi connectivity index (χ0) is 18.5. The monoisotopic (exact) mass is 368 g/mol. The average molecular weight is 368 g/mol. The van der Waals surface area contributed by atoms with Crippen molar-refractivity contribution in [1.82, 2.24) is 20.4 Å². The molecule has 4 heterocycles. The van der Waals surface area contributed by atoms with Gasteiger partial charge >= 0.3 is 0 Å². The minimum atomic E-state index is -0.547. The molecule has 3 unspecified atom stereocenters. The highest BCUT2D eigenvalue weighted by atomic mass is 16.2. The summed E-state index contributed by atoms with van der Waals surface area (Å²) in [4.78, 5) is 40.4. The van der Waals surface area contributed by atoms with Crippen molar-refractivity contribution in [2.45, 2.75) is 56.9 Å². The zero-order valence-electron chi connectivity index (χ0n) is 15.2. The molecule has 7 heteroatoms. The van der Waals surface area contributed by atoms with Crippen LogP contribution in [0.3, 0.4) is 0 Å². The molecule has 0 aliphatic carbocycles. The summed E-state index contributed by atoms with van der Waals surface area (Å²) in [6.07, 6.45) is 3.12. The minimum absolute atomic E-state index is 0.105. The van der Waals surface area contributed by atoms with Crippen molar-refractivity contribution in [3.63, 3.8) is 0 Å². The van der Waals surface area contributed by atoms with Gasteiger partial charge in [-0.05, 0) is 36.5 Å². The van der Waals surface area contributed by atoms with E-state index in [1.54, 1.807) is 4.90 Å². The summed E-state index contributed by atoms with van der Waals surface area (Å²) >= 11 is 0. The highest BCUT2D eigenvalue weighted by Gasteiger charge is 2.39. The number of carbonyl (C=O) groups excluding carboxylic acids is 3. The van der Waals surface area contributed by atoms with Crippen LogP contribution in [0.2, 0.25) is 0 Å². The molecule has 0 saturated carbocycles. The van der Waals surface area contributed by atoms with Crippen molar-refractivity contribution < 1.29 is 14.4 Å². The number of imide groups is 1. The molecule has 1 aromatic carbocycles. The van der Waals surface area contributed by atoms with E-state index in [9.17, 15) is 14.4 Å². The Hall–Kier alpha value is -2.25. The van der Waals surface area contributed by atoms with E-state index < -0.39 is 6.04 Å². The molecule has 0 aromatic heterocycles. The van der Waals surface area contributed by atoms with E-state index in [1.165, 1.54) is 18.4 Å². The Balaban J connectivity index is 1.32. The molecule has 3 fully saturated rings. The maximum Gasteiger partial charge on any atom is 0.255 e. The molecule has 7 nitrogen and oxygen atoms in total. The molecular weight excluding hydrogens is 344 g/mol. The molecule has 4 aliphatic heterocycles. The number of likely N-dealkylation sites (tertiary alicyclic amines) is 1. The molecule has 4 aliphatic rings. The first-order valence-electron chi connectivity index (χ1n) is 9.82. The summed E-state index contributed by atoms with van der Waals surface area (Å²) in [5, 5.41) is 5.93. The van der Waals surface area contributed by atoms with Crippen LogP contribution in [-0.2, 0) is 22.7 Å². The van der Waals surface area contributed by atoms with Gasteiger partial charge in [-0.15, -0.1) is 0 Å². The van der Waals surface area contributed by atoms with Gasteiger partial charge in [-0.25, -0.2) is 0 Å². The number of nitrogens with zero attached hydrogens (tertiary/aromatic N) is 2. The molecule has 0 spiro atoms. The van der Waals surface area contributed by atoms with Gasteiger partial charge in [-0.1, -0.05) is 12.1 Å². The lowest BCUT2D eigenvalue weighted by atomic mass is 10.0. The Bertz CT molecular complexity index is 823. The van der Waals surface area contributed by atoms with Crippen LogP contribution in [0.1, 0.15) is 47.2 Å². The van der Waals surface area contributed by atoms with Gasteiger partial charge in [-0.2, -0.15) is 0 Å². The van der Waals surface area contributed by atoms with E-state index in [-0.39, 0.29) is 24.1 Å². The Morgan fingerprint density at radius 2 is 2.04 bits per heavy atom. The number of benzene rings is 1. The summed E-state index contributed by atoms with van der Waals surface area (Å²) in [5.41, 5.74) is 2.89. The number of hydrogen-bond acceptors (Lipinski definition) is 5. The topological polar surface area (TPSA) is 81.8 Å². The maximum absolute atomic E-state index is 12.8. The average Bonchev–Trinajstić information content (AvgIpc) is 3.19.